The van der Waals surface area contributed by atoms with E-state index in [4.69, 9.17) is 20.3 Å². The van der Waals surface area contributed by atoms with Crippen molar-refractivity contribution in [2.24, 2.45) is 5.73 Å². The van der Waals surface area contributed by atoms with E-state index in [0.29, 0.717) is 37.3 Å². The van der Waals surface area contributed by atoms with Crippen LogP contribution in [0.5, 0.6) is 5.75 Å². The van der Waals surface area contributed by atoms with Gasteiger partial charge in [-0.25, -0.2) is 0 Å². The first-order valence-electron chi connectivity index (χ1n) is 11.5. The number of nitrogens with two attached hydrogens (primary N) is 1. The first kappa shape index (κ1) is 25.6. The van der Waals surface area contributed by atoms with Gasteiger partial charge in [-0.15, -0.1) is 0 Å². The van der Waals surface area contributed by atoms with Crippen molar-refractivity contribution in [3.8, 4) is 17.1 Å². The van der Waals surface area contributed by atoms with Gasteiger partial charge in [-0.1, -0.05) is 48.0 Å². The van der Waals surface area contributed by atoms with E-state index in [1.807, 2.05) is 73.7 Å². The second-order valence-electron chi connectivity index (χ2n) is 8.29. The van der Waals surface area contributed by atoms with E-state index in [1.165, 1.54) is 7.11 Å². The van der Waals surface area contributed by atoms with E-state index >= 15 is 0 Å². The summed E-state index contributed by atoms with van der Waals surface area (Å²) in [5.74, 6) is 1.31. The van der Waals surface area contributed by atoms with Gasteiger partial charge in [0.2, 0.25) is 0 Å². The molecule has 0 bridgehead atoms. The van der Waals surface area contributed by atoms with Gasteiger partial charge in [0.05, 0.1) is 13.4 Å². The molecule has 2 aromatic carbocycles. The molecule has 3 N–H and O–H groups in total. The van der Waals surface area contributed by atoms with E-state index in [2.05, 4.69) is 4.74 Å². The van der Waals surface area contributed by atoms with E-state index in [0.717, 1.165) is 39.3 Å². The molecule has 0 atom stereocenters. The number of nitrogens with one attached hydrogen (secondary N) is 1. The average molecular weight is 473 g/mol. The highest BCUT2D eigenvalue weighted by Gasteiger charge is 2.13. The monoisotopic (exact) mass is 472 g/mol. The van der Waals surface area contributed by atoms with Gasteiger partial charge in [0.1, 0.15) is 18.1 Å². The minimum absolute atomic E-state index is 0.224. The van der Waals surface area contributed by atoms with Crippen LogP contribution in [0, 0.1) is 5.41 Å². The molecular weight excluding hydrogens is 440 g/mol. The van der Waals surface area contributed by atoms with Gasteiger partial charge < -0.3 is 25.0 Å². The lowest BCUT2D eigenvalue weighted by Gasteiger charge is -2.15. The van der Waals surface area contributed by atoms with Gasteiger partial charge in [-0.3, -0.25) is 4.79 Å². The van der Waals surface area contributed by atoms with Crippen LogP contribution in [0.15, 0.2) is 88.6 Å². The summed E-state index contributed by atoms with van der Waals surface area (Å²) in [7, 11) is 1.39. The third-order valence-electron chi connectivity index (χ3n) is 5.74. The summed E-state index contributed by atoms with van der Waals surface area (Å²) >= 11 is 0. The lowest BCUT2D eigenvalue weighted by molar-refractivity contribution is -0.140. The van der Waals surface area contributed by atoms with Gasteiger partial charge in [0, 0.05) is 35.4 Å². The van der Waals surface area contributed by atoms with Gasteiger partial charge in [-0.2, -0.15) is 0 Å². The Morgan fingerprint density at radius 3 is 2.43 bits per heavy atom. The molecule has 1 heterocycles. The maximum absolute atomic E-state index is 11.3. The van der Waals surface area contributed by atoms with Gasteiger partial charge in [0.25, 0.3) is 0 Å². The molecule has 0 amide bonds. The minimum Gasteiger partial charge on any atom is -0.489 e. The molecule has 0 saturated carbocycles. The molecule has 0 aliphatic heterocycles. The molecule has 6 nitrogen and oxygen atoms in total. The van der Waals surface area contributed by atoms with Crippen LogP contribution in [0.4, 0.5) is 0 Å². The number of hydrogen-bond donors (Lipinski definition) is 2. The highest BCUT2D eigenvalue weighted by Crippen LogP contribution is 2.27. The number of esters is 1. The van der Waals surface area contributed by atoms with Crippen molar-refractivity contribution in [1.29, 1.82) is 5.41 Å². The van der Waals surface area contributed by atoms with Crippen LogP contribution >= 0.6 is 0 Å². The van der Waals surface area contributed by atoms with E-state index in [1.54, 1.807) is 13.2 Å². The number of hydrogen-bond acceptors (Lipinski definition) is 6. The molecule has 182 valence electrons. The summed E-state index contributed by atoms with van der Waals surface area (Å²) in [5, 5.41) is 8.36. The van der Waals surface area contributed by atoms with E-state index in [-0.39, 0.29) is 5.97 Å². The fraction of sp³-hybridized carbons (Fsp3) is 0.241. The Morgan fingerprint density at radius 2 is 1.77 bits per heavy atom. The number of ether oxygens (including phenoxy) is 2. The summed E-state index contributed by atoms with van der Waals surface area (Å²) in [4.78, 5) is 11.3. The van der Waals surface area contributed by atoms with Crippen LogP contribution < -0.4 is 10.5 Å². The van der Waals surface area contributed by atoms with Crippen molar-refractivity contribution in [2.45, 2.75) is 33.1 Å². The van der Waals surface area contributed by atoms with E-state index in [9.17, 15) is 4.79 Å². The zero-order chi connectivity index (χ0) is 25.2. The minimum atomic E-state index is -0.224. The second-order valence-corrected chi connectivity index (χ2v) is 8.29. The molecule has 35 heavy (non-hydrogen) atoms. The van der Waals surface area contributed by atoms with Crippen LogP contribution in [-0.4, -0.2) is 25.4 Å². The molecular formula is C29H32N2O4. The van der Waals surface area contributed by atoms with Gasteiger partial charge in [0.15, 0.2) is 0 Å². The fourth-order valence-corrected chi connectivity index (χ4v) is 3.62. The van der Waals surface area contributed by atoms with Crippen molar-refractivity contribution in [3.63, 3.8) is 0 Å². The van der Waals surface area contributed by atoms with Crippen LogP contribution in [0.25, 0.3) is 17.0 Å². The topological polar surface area (TPSA) is 98.5 Å². The number of carbonyl (C=O) groups is 1. The maximum atomic E-state index is 11.3. The highest BCUT2D eigenvalue weighted by atomic mass is 16.5. The number of rotatable bonds is 11. The zero-order valence-corrected chi connectivity index (χ0v) is 20.5. The van der Waals surface area contributed by atoms with Crippen molar-refractivity contribution in [3.05, 3.63) is 95.3 Å². The predicted molar refractivity (Wildman–Crippen MR) is 139 cm³/mol. The number of furan rings is 1. The molecule has 0 spiro atoms. The number of allylic oxidation sites excluding steroid dienone is 2. The third-order valence-corrected chi connectivity index (χ3v) is 5.74. The van der Waals surface area contributed by atoms with Crippen LogP contribution in [0.1, 0.15) is 37.8 Å². The Balaban J connectivity index is 1.75. The number of carbonyl (C=O) groups excluding carboxylic acids is 1. The summed E-state index contributed by atoms with van der Waals surface area (Å²) in [6, 6.07) is 19.3. The van der Waals surface area contributed by atoms with Crippen molar-refractivity contribution >= 4 is 17.4 Å². The Morgan fingerprint density at radius 1 is 1.03 bits per heavy atom. The molecule has 0 aliphatic carbocycles. The zero-order valence-electron chi connectivity index (χ0n) is 20.5. The largest absolute Gasteiger partial charge is 0.489 e. The van der Waals surface area contributed by atoms with Crippen LogP contribution in [-0.2, 0) is 16.0 Å². The summed E-state index contributed by atoms with van der Waals surface area (Å²) in [6.07, 6.45) is 5.07. The molecule has 1 aromatic heterocycles. The summed E-state index contributed by atoms with van der Waals surface area (Å²) in [6.45, 7) is 4.10. The molecule has 0 unspecified atom stereocenters. The maximum Gasteiger partial charge on any atom is 0.305 e. The first-order valence-corrected chi connectivity index (χ1v) is 11.5. The fourth-order valence-electron chi connectivity index (χ4n) is 3.62. The molecule has 0 saturated heterocycles. The van der Waals surface area contributed by atoms with Crippen molar-refractivity contribution in [1.82, 2.24) is 0 Å². The standard InChI is InChI=1S/C29H32N2O4/c1-20(10-15-28(32)33-3)16-18-35-27-8-5-4-7-24(27)19-25(21(2)30)29(31)23-13-11-22(12-14-23)26-9-6-17-34-26/h4-9,11-14,16-17,30H,10,15,18-19,31H2,1-3H3/b20-16+,29-25-,30-21?. The number of methoxy groups -OCH3 is 1. The number of para-hydroxylation sites is 1. The highest BCUT2D eigenvalue weighted by molar-refractivity contribution is 6.03. The molecule has 3 aromatic rings. The van der Waals surface area contributed by atoms with Gasteiger partial charge >= 0.3 is 5.97 Å². The normalized spacial score (nSPS) is 12.1. The first-order chi connectivity index (χ1) is 16.9. The quantitative estimate of drug-likeness (QED) is 0.197. The Kier molecular flexibility index (Phi) is 9.07. The third kappa shape index (κ3) is 7.21. The Labute approximate surface area is 206 Å². The SMILES string of the molecule is COC(=O)CC/C(C)=C/COc1ccccc1C/C(C(C)=N)=C(/N)c1ccc(-c2ccco2)cc1. The molecule has 6 heteroatoms. The Hall–Kier alpha value is -4.06. The average Bonchev–Trinajstić information content (AvgIpc) is 3.41. The van der Waals surface area contributed by atoms with E-state index < -0.39 is 0 Å². The lowest BCUT2D eigenvalue weighted by Crippen LogP contribution is -2.11. The smallest absolute Gasteiger partial charge is 0.305 e. The lowest BCUT2D eigenvalue weighted by atomic mass is 9.95. The van der Waals surface area contributed by atoms with Crippen LogP contribution in [0.3, 0.4) is 0 Å². The summed E-state index contributed by atoms with van der Waals surface area (Å²) in [5.41, 5.74) is 12.1. The molecule has 0 aliphatic rings. The predicted octanol–water partition coefficient (Wildman–Crippen LogP) is 6.18. The molecule has 3 rings (SSSR count). The Bertz CT molecular complexity index is 1210. The summed E-state index contributed by atoms with van der Waals surface area (Å²) < 4.78 is 16.2. The molecule has 0 radical (unpaired) electrons. The van der Waals surface area contributed by atoms with Crippen molar-refractivity contribution in [2.75, 3.05) is 13.7 Å². The van der Waals surface area contributed by atoms with Gasteiger partial charge in [-0.05, 0) is 55.7 Å². The second kappa shape index (κ2) is 12.4. The van der Waals surface area contributed by atoms with Crippen LogP contribution in [0.2, 0.25) is 0 Å². The van der Waals surface area contributed by atoms with Crippen molar-refractivity contribution < 1.29 is 18.7 Å². The number of benzene rings is 2. The molecule has 0 fully saturated rings.